The van der Waals surface area contributed by atoms with Crippen LogP contribution < -0.4 is 10.6 Å². The van der Waals surface area contributed by atoms with Gasteiger partial charge in [0.15, 0.2) is 0 Å². The molecule has 0 aromatic rings. The van der Waals surface area contributed by atoms with Crippen molar-refractivity contribution in [1.82, 2.24) is 10.6 Å². The van der Waals surface area contributed by atoms with Crippen molar-refractivity contribution in [2.75, 3.05) is 13.6 Å². The monoisotopic (exact) mass is 156 g/mol. The highest BCUT2D eigenvalue weighted by atomic mass is 16.1. The van der Waals surface area contributed by atoms with E-state index in [1.165, 1.54) is 0 Å². The molecule has 0 aromatic carbocycles. The first-order valence-corrected chi connectivity index (χ1v) is 4.27. The molecule has 1 amide bonds. The summed E-state index contributed by atoms with van der Waals surface area (Å²) in [5.41, 5.74) is 0. The second-order valence-corrected chi connectivity index (χ2v) is 3.05. The van der Waals surface area contributed by atoms with Crippen LogP contribution in [0.3, 0.4) is 0 Å². The normalized spacial score (nSPS) is 24.8. The molecule has 2 N–H and O–H groups in total. The zero-order chi connectivity index (χ0) is 8.10. The molecule has 11 heavy (non-hydrogen) atoms. The zero-order valence-electron chi connectivity index (χ0n) is 7.02. The van der Waals surface area contributed by atoms with Gasteiger partial charge in [0.2, 0.25) is 5.91 Å². The van der Waals surface area contributed by atoms with Crippen LogP contribution in [-0.2, 0) is 4.79 Å². The molecule has 1 saturated heterocycles. The second-order valence-electron chi connectivity index (χ2n) is 3.05. The van der Waals surface area contributed by atoms with Gasteiger partial charge < -0.3 is 10.6 Å². The van der Waals surface area contributed by atoms with E-state index in [2.05, 4.69) is 10.6 Å². The Balaban J connectivity index is 2.17. The van der Waals surface area contributed by atoms with E-state index in [0.717, 1.165) is 32.2 Å². The molecular formula is C8H16N2O. The van der Waals surface area contributed by atoms with Crippen molar-refractivity contribution in [2.45, 2.75) is 31.7 Å². The molecule has 64 valence electrons. The lowest BCUT2D eigenvalue weighted by Gasteiger charge is -2.22. The lowest BCUT2D eigenvalue weighted by Crippen LogP contribution is -2.40. The van der Waals surface area contributed by atoms with Crippen LogP contribution in [0.2, 0.25) is 0 Å². The summed E-state index contributed by atoms with van der Waals surface area (Å²) < 4.78 is 0. The predicted molar refractivity (Wildman–Crippen MR) is 44.3 cm³/mol. The number of hydrogen-bond donors (Lipinski definition) is 2. The topological polar surface area (TPSA) is 41.1 Å². The van der Waals surface area contributed by atoms with Crippen molar-refractivity contribution >= 4 is 5.91 Å². The quantitative estimate of drug-likeness (QED) is 0.615. The minimum absolute atomic E-state index is 0.220. The molecule has 0 spiro atoms. The minimum atomic E-state index is 0.220. The van der Waals surface area contributed by atoms with Gasteiger partial charge in [-0.05, 0) is 32.9 Å². The Hall–Kier alpha value is -0.570. The summed E-state index contributed by atoms with van der Waals surface area (Å²) >= 11 is 0. The second kappa shape index (κ2) is 4.34. The summed E-state index contributed by atoms with van der Waals surface area (Å²) in [4.78, 5) is 10.9. The van der Waals surface area contributed by atoms with E-state index in [-0.39, 0.29) is 5.91 Å². The lowest BCUT2D eigenvalue weighted by molar-refractivity contribution is -0.123. The van der Waals surface area contributed by atoms with E-state index < -0.39 is 0 Å². The number of rotatable bonds is 3. The third kappa shape index (κ3) is 2.89. The molecular weight excluding hydrogens is 140 g/mol. The van der Waals surface area contributed by atoms with Gasteiger partial charge in [0.05, 0.1) is 0 Å². The molecule has 1 atom stereocenters. The van der Waals surface area contributed by atoms with Crippen molar-refractivity contribution in [3.05, 3.63) is 0 Å². The number of carbonyl (C=O) groups is 1. The number of amides is 1. The van der Waals surface area contributed by atoms with Gasteiger partial charge in [-0.2, -0.15) is 0 Å². The SMILES string of the molecule is CNCCC1CCCC(=O)N1. The van der Waals surface area contributed by atoms with Gasteiger partial charge in [-0.3, -0.25) is 4.79 Å². The van der Waals surface area contributed by atoms with E-state index in [1.807, 2.05) is 7.05 Å². The fourth-order valence-electron chi connectivity index (χ4n) is 1.42. The van der Waals surface area contributed by atoms with Crippen LogP contribution in [0.25, 0.3) is 0 Å². The Labute approximate surface area is 67.5 Å². The van der Waals surface area contributed by atoms with Crippen molar-refractivity contribution in [2.24, 2.45) is 0 Å². The Morgan fingerprint density at radius 1 is 1.73 bits per heavy atom. The number of carbonyl (C=O) groups excluding carboxylic acids is 1. The molecule has 1 fully saturated rings. The highest BCUT2D eigenvalue weighted by Crippen LogP contribution is 2.09. The Morgan fingerprint density at radius 2 is 2.55 bits per heavy atom. The van der Waals surface area contributed by atoms with Crippen molar-refractivity contribution < 1.29 is 4.79 Å². The third-order valence-corrected chi connectivity index (χ3v) is 2.06. The van der Waals surface area contributed by atoms with Crippen molar-refractivity contribution in [3.63, 3.8) is 0 Å². The van der Waals surface area contributed by atoms with Crippen molar-refractivity contribution in [3.8, 4) is 0 Å². The molecule has 1 aliphatic heterocycles. The summed E-state index contributed by atoms with van der Waals surface area (Å²) in [6, 6.07) is 0.420. The van der Waals surface area contributed by atoms with Gasteiger partial charge in [0.25, 0.3) is 0 Å². The smallest absolute Gasteiger partial charge is 0.220 e. The summed E-state index contributed by atoms with van der Waals surface area (Å²) in [6.07, 6.45) is 3.98. The molecule has 1 heterocycles. The average Bonchev–Trinajstić information content (AvgIpc) is 2.01. The largest absolute Gasteiger partial charge is 0.353 e. The molecule has 0 saturated carbocycles. The van der Waals surface area contributed by atoms with Crippen LogP contribution in [0, 0.1) is 0 Å². The molecule has 1 rings (SSSR count). The maximum Gasteiger partial charge on any atom is 0.220 e. The number of nitrogens with one attached hydrogen (secondary N) is 2. The van der Waals surface area contributed by atoms with E-state index in [4.69, 9.17) is 0 Å². The summed E-state index contributed by atoms with van der Waals surface area (Å²) in [6.45, 7) is 0.991. The van der Waals surface area contributed by atoms with Gasteiger partial charge >= 0.3 is 0 Å². The molecule has 3 nitrogen and oxygen atoms in total. The molecule has 3 heteroatoms. The predicted octanol–water partition coefficient (Wildman–Crippen LogP) is 0.265. The first-order valence-electron chi connectivity index (χ1n) is 4.27. The van der Waals surface area contributed by atoms with Gasteiger partial charge in [-0.25, -0.2) is 0 Å². The van der Waals surface area contributed by atoms with Gasteiger partial charge in [0.1, 0.15) is 0 Å². The Kier molecular flexibility index (Phi) is 3.36. The number of piperidine rings is 1. The van der Waals surface area contributed by atoms with Crippen LogP contribution in [0.1, 0.15) is 25.7 Å². The first-order chi connectivity index (χ1) is 5.33. The van der Waals surface area contributed by atoms with E-state index in [9.17, 15) is 4.79 Å². The van der Waals surface area contributed by atoms with Crippen LogP contribution in [-0.4, -0.2) is 25.5 Å². The summed E-state index contributed by atoms with van der Waals surface area (Å²) in [5, 5.41) is 6.05. The maximum absolute atomic E-state index is 10.9. The van der Waals surface area contributed by atoms with Gasteiger partial charge in [-0.1, -0.05) is 0 Å². The number of hydrogen-bond acceptors (Lipinski definition) is 2. The fraction of sp³-hybridized carbons (Fsp3) is 0.875. The van der Waals surface area contributed by atoms with Crippen LogP contribution >= 0.6 is 0 Å². The minimum Gasteiger partial charge on any atom is -0.353 e. The average molecular weight is 156 g/mol. The molecule has 0 radical (unpaired) electrons. The highest BCUT2D eigenvalue weighted by molar-refractivity contribution is 5.76. The zero-order valence-corrected chi connectivity index (χ0v) is 7.02. The Bertz CT molecular complexity index is 136. The summed E-state index contributed by atoms with van der Waals surface area (Å²) in [5.74, 6) is 0.220. The first kappa shape index (κ1) is 8.53. The molecule has 0 aromatic heterocycles. The third-order valence-electron chi connectivity index (χ3n) is 2.06. The Morgan fingerprint density at radius 3 is 3.18 bits per heavy atom. The lowest BCUT2D eigenvalue weighted by atomic mass is 10.0. The molecule has 0 bridgehead atoms. The highest BCUT2D eigenvalue weighted by Gasteiger charge is 2.16. The maximum atomic E-state index is 10.9. The summed E-state index contributed by atoms with van der Waals surface area (Å²) in [7, 11) is 1.94. The van der Waals surface area contributed by atoms with E-state index >= 15 is 0 Å². The molecule has 0 aliphatic carbocycles. The van der Waals surface area contributed by atoms with Crippen molar-refractivity contribution in [1.29, 1.82) is 0 Å². The standard InChI is InChI=1S/C8H16N2O/c1-9-6-5-7-3-2-4-8(11)10-7/h7,9H,2-6H2,1H3,(H,10,11). The van der Waals surface area contributed by atoms with Gasteiger partial charge in [-0.15, -0.1) is 0 Å². The van der Waals surface area contributed by atoms with Crippen LogP contribution in [0.15, 0.2) is 0 Å². The van der Waals surface area contributed by atoms with Gasteiger partial charge in [0, 0.05) is 12.5 Å². The van der Waals surface area contributed by atoms with Crippen LogP contribution in [0.4, 0.5) is 0 Å². The van der Waals surface area contributed by atoms with E-state index in [1.54, 1.807) is 0 Å². The van der Waals surface area contributed by atoms with E-state index in [0.29, 0.717) is 6.04 Å². The fourth-order valence-corrected chi connectivity index (χ4v) is 1.42. The van der Waals surface area contributed by atoms with Crippen LogP contribution in [0.5, 0.6) is 0 Å². The molecule has 1 unspecified atom stereocenters. The molecule has 1 aliphatic rings.